The number of azo groups is 1. The molecular weight excluding hydrogens is 412 g/mol. The zero-order valence-electron chi connectivity index (χ0n) is 17.9. The zero-order chi connectivity index (χ0) is 21.4. The number of anilines is 1. The monoisotopic (exact) mass is 438 g/mol. The lowest BCUT2D eigenvalue weighted by atomic mass is 9.84. The molecule has 1 aromatic heterocycles. The molecule has 7 heteroatoms. The van der Waals surface area contributed by atoms with Gasteiger partial charge in [0.1, 0.15) is 11.5 Å². The number of H-pyrrole nitrogens is 1. The van der Waals surface area contributed by atoms with Crippen LogP contribution in [0.4, 0.5) is 5.69 Å². The summed E-state index contributed by atoms with van der Waals surface area (Å²) in [6, 6.07) is 7.83. The second-order valence-corrected chi connectivity index (χ2v) is 8.85. The number of hydrogen-bond acceptors (Lipinski definition) is 5. The molecule has 0 unspecified atom stereocenters. The van der Waals surface area contributed by atoms with E-state index in [-0.39, 0.29) is 6.10 Å². The lowest BCUT2D eigenvalue weighted by molar-refractivity contribution is 0.142. The fraction of sp³-hybridized carbons (Fsp3) is 0.417. The van der Waals surface area contributed by atoms with Gasteiger partial charge in [0.05, 0.1) is 41.8 Å². The Balaban J connectivity index is 1.38. The normalized spacial score (nSPS) is 22.7. The van der Waals surface area contributed by atoms with Crippen molar-refractivity contribution in [2.75, 3.05) is 25.6 Å². The minimum absolute atomic E-state index is 0.215. The van der Waals surface area contributed by atoms with Crippen LogP contribution in [0.1, 0.15) is 31.2 Å². The maximum Gasteiger partial charge on any atom is 0.123 e. The highest BCUT2D eigenvalue weighted by Gasteiger charge is 2.29. The van der Waals surface area contributed by atoms with Gasteiger partial charge in [0.25, 0.3) is 0 Å². The van der Waals surface area contributed by atoms with Gasteiger partial charge in [-0.15, -0.1) is 0 Å². The number of nitrogens with zero attached hydrogens (tertiary/aromatic N) is 3. The molecule has 0 atom stereocenters. The Morgan fingerprint density at radius 2 is 1.97 bits per heavy atom. The molecule has 1 aliphatic carbocycles. The van der Waals surface area contributed by atoms with E-state index in [1.807, 2.05) is 36.4 Å². The maximum absolute atomic E-state index is 6.35. The number of ether oxygens (including phenoxy) is 2. The van der Waals surface area contributed by atoms with Gasteiger partial charge < -0.3 is 19.4 Å². The summed E-state index contributed by atoms with van der Waals surface area (Å²) < 4.78 is 11.5. The van der Waals surface area contributed by atoms with Gasteiger partial charge in [-0.1, -0.05) is 17.7 Å². The fourth-order valence-corrected chi connectivity index (χ4v) is 4.99. The van der Waals surface area contributed by atoms with Gasteiger partial charge in [-0.3, -0.25) is 0 Å². The minimum atomic E-state index is 0.215. The van der Waals surface area contributed by atoms with Crippen molar-refractivity contribution in [1.82, 2.24) is 4.98 Å². The summed E-state index contributed by atoms with van der Waals surface area (Å²) >= 11 is 6.35. The summed E-state index contributed by atoms with van der Waals surface area (Å²) in [5, 5.41) is 12.0. The maximum atomic E-state index is 6.35. The predicted molar refractivity (Wildman–Crippen MR) is 123 cm³/mol. The first-order chi connectivity index (χ1) is 15.1. The van der Waals surface area contributed by atoms with Gasteiger partial charge in [-0.2, -0.15) is 10.2 Å². The molecule has 1 N–H and O–H groups in total. The number of aromatic nitrogens is 1. The Labute approximate surface area is 186 Å². The Bertz CT molecular complexity index is 1160. The van der Waals surface area contributed by atoms with E-state index >= 15 is 0 Å². The molecule has 0 radical (unpaired) electrons. The second kappa shape index (κ2) is 8.42. The predicted octanol–water partition coefficient (Wildman–Crippen LogP) is 4.09. The van der Waals surface area contributed by atoms with Crippen LogP contribution in [0.25, 0.3) is 11.8 Å². The average Bonchev–Trinajstić information content (AvgIpc) is 3.09. The summed E-state index contributed by atoms with van der Waals surface area (Å²) in [6.07, 6.45) is 8.32. The molecule has 2 aromatic rings. The lowest BCUT2D eigenvalue weighted by Gasteiger charge is -2.29. The number of allylic oxidation sites excluding steroid dienone is 1. The molecule has 162 valence electrons. The smallest absolute Gasteiger partial charge is 0.123 e. The molecule has 1 saturated carbocycles. The number of likely N-dealkylation sites (N-methyl/N-ethyl adjacent to an activating group) is 1. The van der Waals surface area contributed by atoms with Crippen LogP contribution >= 0.6 is 11.6 Å². The molecule has 6 nitrogen and oxygen atoms in total. The number of aromatic amines is 1. The van der Waals surface area contributed by atoms with E-state index in [0.717, 1.165) is 65.2 Å². The van der Waals surface area contributed by atoms with Crippen LogP contribution < -0.4 is 25.1 Å². The molecule has 1 fully saturated rings. The van der Waals surface area contributed by atoms with Crippen LogP contribution in [-0.2, 0) is 6.54 Å². The van der Waals surface area contributed by atoms with Crippen molar-refractivity contribution >= 4 is 29.1 Å². The minimum Gasteiger partial charge on any atom is -0.497 e. The van der Waals surface area contributed by atoms with Gasteiger partial charge in [0.2, 0.25) is 0 Å². The van der Waals surface area contributed by atoms with Crippen molar-refractivity contribution in [2.45, 2.75) is 38.3 Å². The molecule has 5 rings (SSSR count). The molecule has 3 aliphatic rings. The Morgan fingerprint density at radius 1 is 1.16 bits per heavy atom. The van der Waals surface area contributed by atoms with Gasteiger partial charge in [0.15, 0.2) is 0 Å². The van der Waals surface area contributed by atoms with E-state index in [1.165, 1.54) is 11.3 Å². The molecular formula is C24H27ClN4O2. The molecule has 0 bridgehead atoms. The summed E-state index contributed by atoms with van der Waals surface area (Å²) in [4.78, 5) is 5.84. The van der Waals surface area contributed by atoms with E-state index in [0.29, 0.717) is 12.5 Å². The van der Waals surface area contributed by atoms with Gasteiger partial charge >= 0.3 is 0 Å². The highest BCUT2D eigenvalue weighted by Crippen LogP contribution is 2.35. The summed E-state index contributed by atoms with van der Waals surface area (Å²) in [7, 11) is 3.77. The SMILES string of the molecule is COc1cccc(OC2CCC(C3=c4[nH]c5c(c4CN=N3)N(C)CC=C(Cl)C=5)CC2)c1. The van der Waals surface area contributed by atoms with Crippen LogP contribution in [0.5, 0.6) is 11.5 Å². The molecule has 0 amide bonds. The number of methoxy groups -OCH3 is 1. The van der Waals surface area contributed by atoms with Crippen LogP contribution in [0.15, 0.2) is 45.6 Å². The number of halogens is 1. The number of benzene rings is 1. The van der Waals surface area contributed by atoms with Gasteiger partial charge in [0, 0.05) is 36.2 Å². The number of fused-ring (bicyclic) bond motifs is 3. The topological polar surface area (TPSA) is 62.2 Å². The van der Waals surface area contributed by atoms with E-state index in [4.69, 9.17) is 21.1 Å². The standard InChI is InChI=1S/C24H27ClN4O2/c1-29-11-10-16(25)12-21-24(29)20-14-26-28-22(23(20)27-21)15-6-8-17(9-7-15)31-19-5-3-4-18(13-19)30-2/h3-5,10,12-13,15,17,27H,6-9,11,14H2,1-2H3. The van der Waals surface area contributed by atoms with Crippen molar-refractivity contribution in [3.05, 3.63) is 51.6 Å². The molecule has 2 aliphatic heterocycles. The van der Waals surface area contributed by atoms with Crippen molar-refractivity contribution < 1.29 is 9.47 Å². The Morgan fingerprint density at radius 3 is 2.77 bits per heavy atom. The number of nitrogens with one attached hydrogen (secondary N) is 1. The fourth-order valence-electron chi connectivity index (χ4n) is 4.81. The summed E-state index contributed by atoms with van der Waals surface area (Å²) in [6.45, 7) is 1.39. The molecule has 31 heavy (non-hydrogen) atoms. The van der Waals surface area contributed by atoms with Crippen LogP contribution in [-0.4, -0.2) is 31.8 Å². The number of hydrogen-bond donors (Lipinski definition) is 1. The molecule has 0 saturated heterocycles. The third-order valence-electron chi connectivity index (χ3n) is 6.39. The highest BCUT2D eigenvalue weighted by atomic mass is 35.5. The van der Waals surface area contributed by atoms with E-state index < -0.39 is 0 Å². The molecule has 3 heterocycles. The quantitative estimate of drug-likeness (QED) is 0.782. The van der Waals surface area contributed by atoms with Crippen LogP contribution in [0, 0.1) is 5.92 Å². The third kappa shape index (κ3) is 3.97. The zero-order valence-corrected chi connectivity index (χ0v) is 18.7. The van der Waals surface area contributed by atoms with Crippen molar-refractivity contribution in [2.24, 2.45) is 16.1 Å². The van der Waals surface area contributed by atoms with Crippen molar-refractivity contribution in [3.63, 3.8) is 0 Å². The Kier molecular flexibility index (Phi) is 5.48. The van der Waals surface area contributed by atoms with Gasteiger partial charge in [-0.25, -0.2) is 0 Å². The van der Waals surface area contributed by atoms with E-state index in [1.54, 1.807) is 7.11 Å². The van der Waals surface area contributed by atoms with Gasteiger partial charge in [-0.05, 0) is 50.0 Å². The van der Waals surface area contributed by atoms with E-state index in [2.05, 4.69) is 27.2 Å². The Hall–Kier alpha value is -2.73. The molecule has 1 aromatic carbocycles. The first-order valence-corrected chi connectivity index (χ1v) is 11.2. The first kappa shape index (κ1) is 20.2. The highest BCUT2D eigenvalue weighted by molar-refractivity contribution is 6.34. The van der Waals surface area contributed by atoms with Crippen LogP contribution in [0.3, 0.4) is 0 Å². The first-order valence-electron chi connectivity index (χ1n) is 10.8. The third-order valence-corrected chi connectivity index (χ3v) is 6.66. The number of rotatable bonds is 4. The largest absolute Gasteiger partial charge is 0.497 e. The van der Waals surface area contributed by atoms with E-state index in [9.17, 15) is 0 Å². The second-order valence-electron chi connectivity index (χ2n) is 8.41. The summed E-state index contributed by atoms with van der Waals surface area (Å²) in [5.74, 6) is 2.07. The van der Waals surface area contributed by atoms with Crippen molar-refractivity contribution in [1.29, 1.82) is 0 Å². The van der Waals surface area contributed by atoms with Crippen molar-refractivity contribution in [3.8, 4) is 11.5 Å². The average molecular weight is 439 g/mol. The summed E-state index contributed by atoms with van der Waals surface area (Å²) in [5.41, 5.74) is 3.50. The van der Waals surface area contributed by atoms with Crippen LogP contribution in [0.2, 0.25) is 0 Å². The lowest BCUT2D eigenvalue weighted by Crippen LogP contribution is -2.28. The molecule has 0 spiro atoms.